The molecule has 0 unspecified atom stereocenters. The van der Waals surface area contributed by atoms with Crippen LogP contribution in [0.4, 0.5) is 77.7 Å². The van der Waals surface area contributed by atoms with E-state index in [1.165, 1.54) is 79.7 Å². The van der Waals surface area contributed by atoms with Gasteiger partial charge in [-0.3, -0.25) is 39.1 Å². The van der Waals surface area contributed by atoms with Crippen LogP contribution in [0.5, 0.6) is 0 Å². The molecule has 0 bridgehead atoms. The van der Waals surface area contributed by atoms with Crippen molar-refractivity contribution in [2.45, 2.75) is 92.7 Å². The molecule has 7 heterocycles. The number of anilines is 7. The molecule has 0 fully saturated rings. The van der Waals surface area contributed by atoms with Gasteiger partial charge in [-0.15, -0.1) is 34.0 Å². The number of aromatic nitrogens is 7. The topological polar surface area (TPSA) is 221 Å². The smallest absolute Gasteiger partial charge is 0.416 e. The van der Waals surface area contributed by atoms with Crippen LogP contribution in [0.2, 0.25) is 0 Å². The van der Waals surface area contributed by atoms with Crippen molar-refractivity contribution in [2.75, 3.05) is 101 Å². The quantitative estimate of drug-likeness (QED) is 0.00611. The SMILES string of the molecule is C.C.C.CN(C)CCCCC(=O)N(c1cccc(C(F)(F)F)c1)c1nc(-c2cccnc2)cs1.CN(C)CCCN.C[n+]1cccc(-c2csc(N(C(=O)CCCC[N+](C)(C)C)c3cccc(C(F)(F)F)c3)n2)c1.Cc1cccc(NC(N)=S)c1.FC(F)(F)c1cccc(Nc2nc(-c3cccnc3)cs2)c1.O=C(CBr)c1cccnc1.[I-].[I-]. The average molecular weight is 2020 g/mol. The lowest BCUT2D eigenvalue weighted by molar-refractivity contribution is -0.870. The first-order valence-corrected chi connectivity index (χ1v) is 39.7. The number of rotatable bonds is 25. The first kappa shape index (κ1) is 109. The van der Waals surface area contributed by atoms with Crippen LogP contribution < -0.4 is 84.4 Å². The van der Waals surface area contributed by atoms with E-state index in [0.717, 1.165) is 114 Å². The molecule has 119 heavy (non-hydrogen) atoms. The normalized spacial score (nSPS) is 10.7. The second-order valence-corrected chi connectivity index (χ2v) is 30.4. The lowest BCUT2D eigenvalue weighted by atomic mass is 10.1. The van der Waals surface area contributed by atoms with Gasteiger partial charge in [0, 0.05) is 100 Å². The number of carbonyl (C=O) groups is 3. The summed E-state index contributed by atoms with van der Waals surface area (Å²) in [6.07, 6.45) is 4.77. The van der Waals surface area contributed by atoms with E-state index in [1.54, 1.807) is 72.9 Å². The van der Waals surface area contributed by atoms with Crippen molar-refractivity contribution in [1.29, 1.82) is 0 Å². The standard InChI is InChI=1S/C24H29F3N4OS.C22H23F3N4OS.C15H10F3N3S.C8H10N2S.C7H6BrNO.C5H14N2.3CH4.2HI/c1-29-13-8-9-18(16-29)21-17-33-23(28-21)30(22(32)12-5-6-14-31(2,3)4)20-11-7-10-19(15-20)24(25,26)27;1-28(2)12-4-3-10-20(30)29(18-9-5-8-17(13-18)22(23,24)25)21-27-19(15-31-21)16-7-6-11-26-14-16;16-15(17,18)11-4-1-5-12(7-11)20-14-21-13(9-22-14)10-3-2-6-19-8-10;1-6-3-2-4-7(5-6)10-8(9)11;8-4-7(10)6-2-1-3-9-5-6;1-7(2)5-3-4-6;;;;;/h7-11,13,15-17H,5-6,12,14H2,1-4H3;5-9,11,13-15H,3-4,10,12H2,1-2H3;1-9H,(H,20,21);2-5H,1H3,(H3,9,10,11);1-3,5H,4H2;3-6H2,1-2H3;3*1H4;2*1H/q+2;;;;;;;;;;/p-2. The Morgan fingerprint density at radius 1 is 0.546 bits per heavy atom. The maximum absolute atomic E-state index is 13.3. The minimum absolute atomic E-state index is 0. The van der Waals surface area contributed by atoms with E-state index < -0.39 is 35.2 Å². The van der Waals surface area contributed by atoms with Crippen LogP contribution in [0.3, 0.4) is 0 Å². The molecule has 6 N–H and O–H groups in total. The molecule has 0 saturated carbocycles. The third kappa shape index (κ3) is 39.4. The molecular weight excluding hydrogens is 1910 g/mol. The Labute approximate surface area is 752 Å². The zero-order chi connectivity index (χ0) is 83.6. The number of benzene rings is 4. The minimum Gasteiger partial charge on any atom is -1.00 e. The molecule has 0 spiro atoms. The Bertz CT molecular complexity index is 4780. The molecule has 35 heteroatoms. The second kappa shape index (κ2) is 54.1. The van der Waals surface area contributed by atoms with Crippen LogP contribution in [-0.2, 0) is 35.2 Å². The first-order valence-electron chi connectivity index (χ1n) is 35.5. The third-order valence-electron chi connectivity index (χ3n) is 15.7. The van der Waals surface area contributed by atoms with E-state index in [2.05, 4.69) is 109 Å². The van der Waals surface area contributed by atoms with Crippen molar-refractivity contribution in [1.82, 2.24) is 39.7 Å². The van der Waals surface area contributed by atoms with Gasteiger partial charge < -0.3 is 84.3 Å². The molecule has 4 aromatic carbocycles. The van der Waals surface area contributed by atoms with Crippen molar-refractivity contribution >= 4 is 123 Å². The summed E-state index contributed by atoms with van der Waals surface area (Å²) in [5.74, 6) is -0.492. The number of halogens is 12. The number of amides is 2. The number of nitrogens with zero attached hydrogens (tertiary/aromatic N) is 12. The summed E-state index contributed by atoms with van der Waals surface area (Å²) >= 11 is 11.5. The number of hydrogen-bond acceptors (Lipinski definition) is 17. The summed E-state index contributed by atoms with van der Waals surface area (Å²) in [6.45, 7) is 5.67. The number of hydrogen-bond donors (Lipinski definition) is 4. The van der Waals surface area contributed by atoms with Crippen molar-refractivity contribution in [2.24, 2.45) is 18.5 Å². The van der Waals surface area contributed by atoms with E-state index in [-0.39, 0.29) is 112 Å². The van der Waals surface area contributed by atoms with Crippen LogP contribution in [0.1, 0.15) is 99.8 Å². The fourth-order valence-corrected chi connectivity index (χ4v) is 13.1. The van der Waals surface area contributed by atoms with Gasteiger partial charge >= 0.3 is 18.5 Å². The molecule has 0 radical (unpaired) electrons. The van der Waals surface area contributed by atoms with E-state index in [9.17, 15) is 53.9 Å². The van der Waals surface area contributed by atoms with Gasteiger partial charge in [-0.25, -0.2) is 19.5 Å². The number of Topliss-reactive ketones (excluding diaryl/α,β-unsaturated/α-hetero) is 1. The van der Waals surface area contributed by atoms with Gasteiger partial charge in [0.2, 0.25) is 11.8 Å². The number of thiocarbonyl (C=S) groups is 1. The highest BCUT2D eigenvalue weighted by atomic mass is 127. The number of unbranched alkanes of at least 4 members (excludes halogenated alkanes) is 2. The fourth-order valence-electron chi connectivity index (χ4n) is 10.2. The van der Waals surface area contributed by atoms with E-state index >= 15 is 0 Å². The highest BCUT2D eigenvalue weighted by Gasteiger charge is 2.34. The van der Waals surface area contributed by atoms with Crippen LogP contribution in [0.15, 0.2) is 211 Å². The zero-order valence-corrected chi connectivity index (χ0v) is 74.3. The average Bonchev–Trinajstić information content (AvgIpc) is 1.74. The van der Waals surface area contributed by atoms with E-state index in [1.807, 2.05) is 109 Å². The number of ketones is 1. The summed E-state index contributed by atoms with van der Waals surface area (Å²) in [7, 11) is 16.1. The van der Waals surface area contributed by atoms with Crippen LogP contribution in [0, 0.1) is 6.92 Å². The molecule has 11 aromatic rings. The molecule has 0 aliphatic heterocycles. The molecule has 646 valence electrons. The minimum atomic E-state index is -4.50. The van der Waals surface area contributed by atoms with Crippen molar-refractivity contribution in [3.63, 3.8) is 0 Å². The van der Waals surface area contributed by atoms with Gasteiger partial charge in [0.1, 0.15) is 7.05 Å². The highest BCUT2D eigenvalue weighted by Crippen LogP contribution is 2.40. The second-order valence-electron chi connectivity index (χ2n) is 26.9. The molecule has 2 amide bonds. The number of thiazole rings is 3. The van der Waals surface area contributed by atoms with Gasteiger partial charge in [0.25, 0.3) is 0 Å². The molecule has 0 saturated heterocycles. The summed E-state index contributed by atoms with van der Waals surface area (Å²) in [5.41, 5.74) is 16.2. The van der Waals surface area contributed by atoms with Crippen LogP contribution in [-0.4, -0.2) is 148 Å². The fraction of sp³-hybridized carbons (Fsp3) is 0.321. The van der Waals surface area contributed by atoms with Crippen molar-refractivity contribution < 1.29 is 111 Å². The number of carbonyl (C=O) groups excluding carboxylic acids is 3. The van der Waals surface area contributed by atoms with Crippen molar-refractivity contribution in [3.05, 3.63) is 239 Å². The largest absolute Gasteiger partial charge is 1.00 e. The Hall–Kier alpha value is -8.38. The molecule has 19 nitrogen and oxygen atoms in total. The molecule has 11 rings (SSSR count). The summed E-state index contributed by atoms with van der Waals surface area (Å²) in [6, 6.07) is 37.1. The predicted octanol–water partition coefficient (Wildman–Crippen LogP) is 14.9. The molecule has 0 atom stereocenters. The molecular formula is C84H104BrF9I2N16O3S4. The predicted molar refractivity (Wildman–Crippen MR) is 467 cm³/mol. The third-order valence-corrected chi connectivity index (χ3v) is 18.8. The number of nitrogens with one attached hydrogen (secondary N) is 2. The maximum Gasteiger partial charge on any atom is 0.416 e. The van der Waals surface area contributed by atoms with E-state index in [4.69, 9.17) is 11.5 Å². The Balaban J connectivity index is 0.000000760. The summed E-state index contributed by atoms with van der Waals surface area (Å²) in [5, 5.41) is 13.0. The lowest BCUT2D eigenvalue weighted by Gasteiger charge is -2.24. The Kier molecular flexibility index (Phi) is 49.4. The summed E-state index contributed by atoms with van der Waals surface area (Å²) in [4.78, 5) is 69.4. The number of alkyl halides is 10. The number of nitrogens with two attached hydrogens (primary N) is 2. The van der Waals surface area contributed by atoms with Crippen LogP contribution >= 0.6 is 62.2 Å². The van der Waals surface area contributed by atoms with Gasteiger partial charge in [0.05, 0.1) is 83.7 Å². The number of pyridine rings is 4. The monoisotopic (exact) mass is 2020 g/mol. The van der Waals surface area contributed by atoms with Gasteiger partial charge in [-0.2, -0.15) is 39.5 Å². The Morgan fingerprint density at radius 3 is 1.43 bits per heavy atom. The molecule has 7 aromatic heterocycles. The van der Waals surface area contributed by atoms with E-state index in [0.29, 0.717) is 61.3 Å². The van der Waals surface area contributed by atoms with Crippen LogP contribution in [0.25, 0.3) is 33.8 Å². The summed E-state index contributed by atoms with van der Waals surface area (Å²) < 4.78 is 121. The Morgan fingerprint density at radius 2 is 0.992 bits per heavy atom. The van der Waals surface area contributed by atoms with Gasteiger partial charge in [-0.05, 0) is 214 Å². The van der Waals surface area contributed by atoms with Gasteiger partial charge in [-0.1, -0.05) is 68.5 Å². The number of aryl methyl sites for hydroxylation is 2. The first-order chi connectivity index (χ1) is 54.0. The highest BCUT2D eigenvalue weighted by molar-refractivity contribution is 9.09. The maximum atomic E-state index is 13.3. The molecule has 0 aliphatic rings. The number of quaternary nitrogens is 1. The zero-order valence-electron chi connectivity index (χ0n) is 65.1. The van der Waals surface area contributed by atoms with Crippen molar-refractivity contribution in [3.8, 4) is 33.8 Å². The molecule has 0 aliphatic carbocycles. The lowest BCUT2D eigenvalue weighted by Crippen LogP contribution is -3.00. The van der Waals surface area contributed by atoms with Gasteiger partial charge in [0.15, 0.2) is 38.7 Å².